The molecule has 1 aromatic rings. The van der Waals surface area contributed by atoms with Gasteiger partial charge < -0.3 is 10.4 Å². The minimum Gasteiger partial charge on any atom is -0.394 e. The van der Waals surface area contributed by atoms with Crippen LogP contribution < -0.4 is 5.32 Å². The van der Waals surface area contributed by atoms with Crippen LogP contribution in [0, 0.1) is 11.6 Å². The molecular weight excluding hydrogens is 238 g/mol. The van der Waals surface area contributed by atoms with Crippen LogP contribution in [0.5, 0.6) is 0 Å². The fourth-order valence-electron chi connectivity index (χ4n) is 2.33. The van der Waals surface area contributed by atoms with Crippen molar-refractivity contribution in [2.24, 2.45) is 0 Å². The zero-order valence-electron chi connectivity index (χ0n) is 10.2. The summed E-state index contributed by atoms with van der Waals surface area (Å²) in [6, 6.07) is 3.57. The largest absolute Gasteiger partial charge is 0.394 e. The fraction of sp³-hybridized carbons (Fsp3) is 0.538. The Morgan fingerprint density at radius 1 is 1.22 bits per heavy atom. The summed E-state index contributed by atoms with van der Waals surface area (Å²) in [4.78, 5) is 2.10. The van der Waals surface area contributed by atoms with E-state index in [4.69, 9.17) is 0 Å². The molecule has 100 valence electrons. The van der Waals surface area contributed by atoms with Crippen LogP contribution in [0.4, 0.5) is 8.78 Å². The molecule has 1 fully saturated rings. The summed E-state index contributed by atoms with van der Waals surface area (Å²) in [5, 5.41) is 12.8. The molecule has 1 atom stereocenters. The van der Waals surface area contributed by atoms with E-state index >= 15 is 0 Å². The molecule has 1 aliphatic rings. The number of benzene rings is 1. The normalized spacial score (nSPS) is 19.5. The summed E-state index contributed by atoms with van der Waals surface area (Å²) in [6.45, 7) is 3.35. The molecule has 0 saturated carbocycles. The third-order valence-corrected chi connectivity index (χ3v) is 3.32. The lowest BCUT2D eigenvalue weighted by Gasteiger charge is -2.29. The molecule has 2 rings (SSSR count). The van der Waals surface area contributed by atoms with Gasteiger partial charge in [-0.25, -0.2) is 8.78 Å². The van der Waals surface area contributed by atoms with Crippen molar-refractivity contribution < 1.29 is 13.9 Å². The number of halogens is 2. The van der Waals surface area contributed by atoms with E-state index in [-0.39, 0.29) is 12.6 Å². The Balaban J connectivity index is 2.17. The lowest BCUT2D eigenvalue weighted by Crippen LogP contribution is -2.34. The lowest BCUT2D eigenvalue weighted by molar-refractivity contribution is 0.129. The smallest absolute Gasteiger partial charge is 0.159 e. The summed E-state index contributed by atoms with van der Waals surface area (Å²) >= 11 is 0. The molecule has 0 aromatic heterocycles. The van der Waals surface area contributed by atoms with Crippen LogP contribution in [0.1, 0.15) is 18.0 Å². The molecule has 1 saturated heterocycles. The van der Waals surface area contributed by atoms with Crippen molar-refractivity contribution in [3.05, 3.63) is 35.4 Å². The maximum atomic E-state index is 13.2. The maximum Gasteiger partial charge on any atom is 0.159 e. The van der Waals surface area contributed by atoms with Crippen molar-refractivity contribution in [1.82, 2.24) is 10.2 Å². The molecule has 0 spiro atoms. The molecule has 3 nitrogen and oxygen atoms in total. The van der Waals surface area contributed by atoms with E-state index in [1.807, 2.05) is 0 Å². The van der Waals surface area contributed by atoms with Crippen molar-refractivity contribution in [2.45, 2.75) is 12.5 Å². The molecule has 1 aliphatic heterocycles. The molecule has 0 bridgehead atoms. The van der Waals surface area contributed by atoms with Crippen LogP contribution in [0.3, 0.4) is 0 Å². The first-order chi connectivity index (χ1) is 8.72. The second kappa shape index (κ2) is 6.22. The van der Waals surface area contributed by atoms with Crippen molar-refractivity contribution in [3.63, 3.8) is 0 Å². The summed E-state index contributed by atoms with van der Waals surface area (Å²) in [6.07, 6.45) is 0.986. The van der Waals surface area contributed by atoms with E-state index in [0.717, 1.165) is 38.7 Å². The third kappa shape index (κ3) is 3.04. The Morgan fingerprint density at radius 2 is 2.06 bits per heavy atom. The van der Waals surface area contributed by atoms with Gasteiger partial charge in [-0.05, 0) is 30.7 Å². The van der Waals surface area contributed by atoms with Crippen LogP contribution in [0.25, 0.3) is 0 Å². The van der Waals surface area contributed by atoms with Gasteiger partial charge in [0.25, 0.3) is 0 Å². The Hall–Kier alpha value is -1.04. The van der Waals surface area contributed by atoms with Crippen LogP contribution in [0.2, 0.25) is 0 Å². The minimum absolute atomic E-state index is 0.0922. The SMILES string of the molecule is OCC(c1ccc(F)c(F)c1)N1CCCNCC1. The van der Waals surface area contributed by atoms with E-state index in [1.165, 1.54) is 12.1 Å². The zero-order chi connectivity index (χ0) is 13.0. The molecule has 0 radical (unpaired) electrons. The second-order valence-electron chi connectivity index (χ2n) is 4.51. The van der Waals surface area contributed by atoms with Crippen LogP contribution >= 0.6 is 0 Å². The summed E-state index contributed by atoms with van der Waals surface area (Å²) < 4.78 is 26.1. The highest BCUT2D eigenvalue weighted by atomic mass is 19.2. The first-order valence-corrected chi connectivity index (χ1v) is 6.23. The van der Waals surface area contributed by atoms with Crippen molar-refractivity contribution in [2.75, 3.05) is 32.8 Å². The number of aliphatic hydroxyl groups is 1. The highest BCUT2D eigenvalue weighted by Crippen LogP contribution is 2.22. The molecule has 18 heavy (non-hydrogen) atoms. The summed E-state index contributed by atoms with van der Waals surface area (Å²) in [5.74, 6) is -1.72. The van der Waals surface area contributed by atoms with Crippen molar-refractivity contribution in [1.29, 1.82) is 0 Å². The van der Waals surface area contributed by atoms with Crippen LogP contribution in [-0.2, 0) is 0 Å². The number of aliphatic hydroxyl groups excluding tert-OH is 1. The Labute approximate surface area is 105 Å². The van der Waals surface area contributed by atoms with Gasteiger partial charge in [0.05, 0.1) is 12.6 Å². The monoisotopic (exact) mass is 256 g/mol. The topological polar surface area (TPSA) is 35.5 Å². The van der Waals surface area contributed by atoms with Crippen LogP contribution in [0.15, 0.2) is 18.2 Å². The molecular formula is C13H18F2N2O. The number of nitrogens with zero attached hydrogens (tertiary/aromatic N) is 1. The first-order valence-electron chi connectivity index (χ1n) is 6.23. The summed E-state index contributed by atoms with van der Waals surface area (Å²) in [7, 11) is 0. The van der Waals surface area contributed by atoms with E-state index in [1.54, 1.807) is 0 Å². The van der Waals surface area contributed by atoms with Gasteiger partial charge in [-0.3, -0.25) is 4.90 Å². The number of rotatable bonds is 3. The van der Waals surface area contributed by atoms with Gasteiger partial charge in [0, 0.05) is 19.6 Å². The van der Waals surface area contributed by atoms with Gasteiger partial charge in [0.2, 0.25) is 0 Å². The molecule has 1 unspecified atom stereocenters. The maximum absolute atomic E-state index is 13.2. The minimum atomic E-state index is -0.862. The predicted octanol–water partition coefficient (Wildman–Crippen LogP) is 1.29. The van der Waals surface area contributed by atoms with Gasteiger partial charge in [0.1, 0.15) is 0 Å². The highest BCUT2D eigenvalue weighted by Gasteiger charge is 2.21. The van der Waals surface area contributed by atoms with E-state index < -0.39 is 11.6 Å². The Morgan fingerprint density at radius 3 is 2.78 bits per heavy atom. The van der Waals surface area contributed by atoms with Gasteiger partial charge in [0.15, 0.2) is 11.6 Å². The van der Waals surface area contributed by atoms with Gasteiger partial charge in [-0.2, -0.15) is 0 Å². The van der Waals surface area contributed by atoms with Crippen molar-refractivity contribution in [3.8, 4) is 0 Å². The lowest BCUT2D eigenvalue weighted by atomic mass is 10.1. The number of hydrogen-bond donors (Lipinski definition) is 2. The van der Waals surface area contributed by atoms with Gasteiger partial charge >= 0.3 is 0 Å². The van der Waals surface area contributed by atoms with E-state index in [0.29, 0.717) is 5.56 Å². The average molecular weight is 256 g/mol. The number of hydrogen-bond acceptors (Lipinski definition) is 3. The molecule has 1 aromatic carbocycles. The molecule has 0 aliphatic carbocycles. The zero-order valence-corrected chi connectivity index (χ0v) is 10.2. The Kier molecular flexibility index (Phi) is 4.63. The second-order valence-corrected chi connectivity index (χ2v) is 4.51. The molecule has 0 amide bonds. The molecule has 2 N–H and O–H groups in total. The van der Waals surface area contributed by atoms with Gasteiger partial charge in [-0.1, -0.05) is 6.07 Å². The fourth-order valence-corrected chi connectivity index (χ4v) is 2.33. The first kappa shape index (κ1) is 13.4. The molecule has 1 heterocycles. The van der Waals surface area contributed by atoms with E-state index in [9.17, 15) is 13.9 Å². The van der Waals surface area contributed by atoms with Gasteiger partial charge in [-0.15, -0.1) is 0 Å². The molecule has 5 heteroatoms. The standard InChI is InChI=1S/C13H18F2N2O/c14-11-3-2-10(8-12(11)15)13(9-18)17-6-1-4-16-5-7-17/h2-3,8,13,16,18H,1,4-7,9H2. The predicted molar refractivity (Wildman–Crippen MR) is 65.2 cm³/mol. The quantitative estimate of drug-likeness (QED) is 0.855. The number of nitrogens with one attached hydrogen (secondary N) is 1. The average Bonchev–Trinajstić information content (AvgIpc) is 2.64. The van der Waals surface area contributed by atoms with Crippen molar-refractivity contribution >= 4 is 0 Å². The Bertz CT molecular complexity index is 393. The van der Waals surface area contributed by atoms with E-state index in [2.05, 4.69) is 10.2 Å². The third-order valence-electron chi connectivity index (χ3n) is 3.32. The van der Waals surface area contributed by atoms with Crippen LogP contribution in [-0.4, -0.2) is 42.8 Å². The summed E-state index contributed by atoms with van der Waals surface area (Å²) in [5.41, 5.74) is 0.623. The highest BCUT2D eigenvalue weighted by molar-refractivity contribution is 5.21.